The molecule has 0 amide bonds. The third-order valence-corrected chi connectivity index (χ3v) is 3.61. The average molecular weight is 268 g/mol. The molecule has 1 fully saturated rings. The first kappa shape index (κ1) is 13.6. The second kappa shape index (κ2) is 5.43. The molecule has 0 bridgehead atoms. The lowest BCUT2D eigenvalue weighted by Gasteiger charge is -2.18. The first-order valence-corrected chi connectivity index (χ1v) is 7.12. The standard InChI is InChI=1S/C14H22ClN3/c1-14(2,3)13-17-11(15)8-12(18-13)16-9-10-6-4-5-7-10/h8,10H,4-7,9H2,1-3H3,(H,16,17,18). The fourth-order valence-corrected chi connectivity index (χ4v) is 2.49. The van der Waals surface area contributed by atoms with Crippen molar-refractivity contribution in [2.24, 2.45) is 5.92 Å². The van der Waals surface area contributed by atoms with Crippen LogP contribution in [0.5, 0.6) is 0 Å². The maximum Gasteiger partial charge on any atom is 0.137 e. The molecule has 3 nitrogen and oxygen atoms in total. The Bertz CT molecular complexity index is 406. The van der Waals surface area contributed by atoms with Crippen molar-refractivity contribution in [1.29, 1.82) is 0 Å². The molecule has 1 heterocycles. The maximum atomic E-state index is 6.06. The highest BCUT2D eigenvalue weighted by atomic mass is 35.5. The van der Waals surface area contributed by atoms with Crippen molar-refractivity contribution in [1.82, 2.24) is 9.97 Å². The molecule has 1 N–H and O–H groups in total. The fourth-order valence-electron chi connectivity index (χ4n) is 2.31. The van der Waals surface area contributed by atoms with Gasteiger partial charge in [0.15, 0.2) is 0 Å². The zero-order valence-corrected chi connectivity index (χ0v) is 12.2. The van der Waals surface area contributed by atoms with Gasteiger partial charge in [0.05, 0.1) is 0 Å². The van der Waals surface area contributed by atoms with Crippen molar-refractivity contribution >= 4 is 17.4 Å². The van der Waals surface area contributed by atoms with Gasteiger partial charge in [0.1, 0.15) is 16.8 Å². The lowest BCUT2D eigenvalue weighted by molar-refractivity contribution is 0.543. The molecule has 1 aliphatic rings. The summed E-state index contributed by atoms with van der Waals surface area (Å²) in [7, 11) is 0. The summed E-state index contributed by atoms with van der Waals surface area (Å²) in [6.45, 7) is 7.29. The van der Waals surface area contributed by atoms with Gasteiger partial charge in [-0.2, -0.15) is 0 Å². The zero-order valence-electron chi connectivity index (χ0n) is 11.5. The Morgan fingerprint density at radius 2 is 1.94 bits per heavy atom. The van der Waals surface area contributed by atoms with E-state index in [1.54, 1.807) is 0 Å². The summed E-state index contributed by atoms with van der Waals surface area (Å²) in [5.74, 6) is 2.44. The number of aromatic nitrogens is 2. The highest BCUT2D eigenvalue weighted by molar-refractivity contribution is 6.29. The molecule has 1 aliphatic carbocycles. The Labute approximate surface area is 114 Å². The first-order chi connectivity index (χ1) is 8.45. The molecule has 100 valence electrons. The molecule has 0 spiro atoms. The molecule has 4 heteroatoms. The zero-order chi connectivity index (χ0) is 13.2. The van der Waals surface area contributed by atoms with E-state index in [0.717, 1.165) is 24.1 Å². The molecule has 1 saturated carbocycles. The van der Waals surface area contributed by atoms with Crippen LogP contribution in [0, 0.1) is 5.92 Å². The van der Waals surface area contributed by atoms with E-state index in [-0.39, 0.29) is 5.41 Å². The number of nitrogens with one attached hydrogen (secondary N) is 1. The predicted octanol–water partition coefficient (Wildman–Crippen LogP) is 4.03. The Kier molecular flexibility index (Phi) is 4.10. The number of rotatable bonds is 3. The van der Waals surface area contributed by atoms with Gasteiger partial charge >= 0.3 is 0 Å². The first-order valence-electron chi connectivity index (χ1n) is 6.74. The molecule has 1 aromatic rings. The van der Waals surface area contributed by atoms with Crippen LogP contribution in [0.4, 0.5) is 5.82 Å². The number of hydrogen-bond donors (Lipinski definition) is 1. The van der Waals surface area contributed by atoms with Gasteiger partial charge in [0.25, 0.3) is 0 Å². The third-order valence-electron chi connectivity index (χ3n) is 3.41. The molecule has 2 rings (SSSR count). The quantitative estimate of drug-likeness (QED) is 0.841. The van der Waals surface area contributed by atoms with Crippen LogP contribution in [-0.2, 0) is 5.41 Å². The van der Waals surface area contributed by atoms with Crippen molar-refractivity contribution in [2.75, 3.05) is 11.9 Å². The number of hydrogen-bond acceptors (Lipinski definition) is 3. The molecule has 0 atom stereocenters. The maximum absolute atomic E-state index is 6.06. The molecule has 0 aliphatic heterocycles. The van der Waals surface area contributed by atoms with Gasteiger partial charge in [0.2, 0.25) is 0 Å². The summed E-state index contributed by atoms with van der Waals surface area (Å²) in [6.07, 6.45) is 5.39. The lowest BCUT2D eigenvalue weighted by atomic mass is 9.96. The van der Waals surface area contributed by atoms with E-state index < -0.39 is 0 Å². The molecule has 0 radical (unpaired) electrons. The second-order valence-electron chi connectivity index (χ2n) is 6.18. The highest BCUT2D eigenvalue weighted by Crippen LogP contribution is 2.26. The van der Waals surface area contributed by atoms with Gasteiger partial charge in [-0.25, -0.2) is 9.97 Å². The Balaban J connectivity index is 2.05. The van der Waals surface area contributed by atoms with E-state index in [1.807, 2.05) is 6.07 Å². The summed E-state index contributed by atoms with van der Waals surface area (Å²) in [4.78, 5) is 8.86. The second-order valence-corrected chi connectivity index (χ2v) is 6.57. The lowest BCUT2D eigenvalue weighted by Crippen LogP contribution is -2.18. The molecule has 18 heavy (non-hydrogen) atoms. The van der Waals surface area contributed by atoms with E-state index in [0.29, 0.717) is 5.15 Å². The Hall–Kier alpha value is -0.830. The molecular formula is C14H22ClN3. The summed E-state index contributed by atoms with van der Waals surface area (Å²) in [5.41, 5.74) is -0.0747. The van der Waals surface area contributed by atoms with Gasteiger partial charge < -0.3 is 5.32 Å². The number of anilines is 1. The van der Waals surface area contributed by atoms with Crippen LogP contribution in [0.3, 0.4) is 0 Å². The van der Waals surface area contributed by atoms with Gasteiger partial charge in [-0.3, -0.25) is 0 Å². The topological polar surface area (TPSA) is 37.8 Å². The Morgan fingerprint density at radius 1 is 1.28 bits per heavy atom. The van der Waals surface area contributed by atoms with Gasteiger partial charge in [-0.1, -0.05) is 45.2 Å². The predicted molar refractivity (Wildman–Crippen MR) is 76.2 cm³/mol. The summed E-state index contributed by atoms with van der Waals surface area (Å²) in [5, 5.41) is 3.92. The number of halogens is 1. The molecule has 0 aromatic carbocycles. The largest absolute Gasteiger partial charge is 0.370 e. The normalized spacial score (nSPS) is 17.1. The van der Waals surface area contributed by atoms with E-state index in [2.05, 4.69) is 36.1 Å². The summed E-state index contributed by atoms with van der Waals surface area (Å²) >= 11 is 6.06. The van der Waals surface area contributed by atoms with Gasteiger partial charge in [-0.15, -0.1) is 0 Å². The Morgan fingerprint density at radius 3 is 2.56 bits per heavy atom. The van der Waals surface area contributed by atoms with Gasteiger partial charge in [0, 0.05) is 18.0 Å². The molecule has 1 aromatic heterocycles. The smallest absolute Gasteiger partial charge is 0.137 e. The average Bonchev–Trinajstić information content (AvgIpc) is 2.77. The fraction of sp³-hybridized carbons (Fsp3) is 0.714. The minimum atomic E-state index is -0.0747. The molecular weight excluding hydrogens is 246 g/mol. The van der Waals surface area contributed by atoms with E-state index in [4.69, 9.17) is 11.6 Å². The van der Waals surface area contributed by atoms with Crippen LogP contribution in [0.2, 0.25) is 5.15 Å². The number of nitrogens with zero attached hydrogens (tertiary/aromatic N) is 2. The van der Waals surface area contributed by atoms with Crippen molar-refractivity contribution in [2.45, 2.75) is 51.9 Å². The third kappa shape index (κ3) is 3.58. The summed E-state index contributed by atoms with van der Waals surface area (Å²) < 4.78 is 0. The monoisotopic (exact) mass is 267 g/mol. The van der Waals surface area contributed by atoms with Crippen molar-refractivity contribution in [3.05, 3.63) is 17.0 Å². The highest BCUT2D eigenvalue weighted by Gasteiger charge is 2.19. The van der Waals surface area contributed by atoms with Crippen LogP contribution in [0.25, 0.3) is 0 Å². The summed E-state index contributed by atoms with van der Waals surface area (Å²) in [6, 6.07) is 1.81. The van der Waals surface area contributed by atoms with E-state index in [1.165, 1.54) is 25.7 Å². The minimum absolute atomic E-state index is 0.0747. The van der Waals surface area contributed by atoms with Gasteiger partial charge in [-0.05, 0) is 18.8 Å². The molecule has 0 unspecified atom stereocenters. The minimum Gasteiger partial charge on any atom is -0.370 e. The van der Waals surface area contributed by atoms with Crippen molar-refractivity contribution < 1.29 is 0 Å². The van der Waals surface area contributed by atoms with Crippen molar-refractivity contribution in [3.8, 4) is 0 Å². The van der Waals surface area contributed by atoms with Crippen LogP contribution in [0.1, 0.15) is 52.3 Å². The van der Waals surface area contributed by atoms with E-state index >= 15 is 0 Å². The van der Waals surface area contributed by atoms with Crippen LogP contribution < -0.4 is 5.32 Å². The van der Waals surface area contributed by atoms with Crippen LogP contribution >= 0.6 is 11.6 Å². The van der Waals surface area contributed by atoms with E-state index in [9.17, 15) is 0 Å². The molecule has 0 saturated heterocycles. The SMILES string of the molecule is CC(C)(C)c1nc(Cl)cc(NCC2CCCC2)n1. The van der Waals surface area contributed by atoms with Crippen molar-refractivity contribution in [3.63, 3.8) is 0 Å². The van der Waals surface area contributed by atoms with Crippen LogP contribution in [0.15, 0.2) is 6.07 Å². The van der Waals surface area contributed by atoms with Crippen LogP contribution in [-0.4, -0.2) is 16.5 Å².